The van der Waals surface area contributed by atoms with Gasteiger partial charge in [0.25, 0.3) is 0 Å². The molecule has 0 aliphatic rings. The molecule has 0 amide bonds. The predicted octanol–water partition coefficient (Wildman–Crippen LogP) is 14.1. The largest absolute Gasteiger partial charge is 0.361 e. The van der Waals surface area contributed by atoms with Crippen molar-refractivity contribution in [2.45, 2.75) is 25.9 Å². The first-order valence-electron chi connectivity index (χ1n) is 17.4. The van der Waals surface area contributed by atoms with Gasteiger partial charge < -0.3 is 11.1 Å². The van der Waals surface area contributed by atoms with Gasteiger partial charge in [-0.15, -0.1) is 0 Å². The van der Waals surface area contributed by atoms with Gasteiger partial charge in [0.2, 0.25) is 10.6 Å². The molecule has 3 N–H and O–H groups in total. The lowest BCUT2D eigenvalue weighted by Crippen LogP contribution is -2.12. The maximum absolute atomic E-state index is 14.1. The number of nitrogens with two attached hydrogens (primary N) is 1. The molecule has 0 radical (unpaired) electrons. The van der Waals surface area contributed by atoms with Crippen LogP contribution in [-0.4, -0.2) is 29.9 Å². The molecule has 8 nitrogen and oxygen atoms in total. The quantitative estimate of drug-likeness (QED) is 0.125. The van der Waals surface area contributed by atoms with E-state index in [0.29, 0.717) is 31.3 Å². The van der Waals surface area contributed by atoms with Crippen LogP contribution in [0.25, 0.3) is 44.3 Å². The summed E-state index contributed by atoms with van der Waals surface area (Å²) in [5.74, 6) is -1.26. The maximum Gasteiger partial charge on any atom is 0.224 e. The molecule has 4 aromatic heterocycles. The Morgan fingerprint density at radius 2 is 1.00 bits per heavy atom. The molecule has 0 aliphatic heterocycles. The van der Waals surface area contributed by atoms with Gasteiger partial charge in [-0.2, -0.15) is 4.98 Å². The van der Waals surface area contributed by atoms with E-state index in [1.807, 2.05) is 98.8 Å². The van der Waals surface area contributed by atoms with Crippen molar-refractivity contribution in [3.63, 3.8) is 0 Å². The molecule has 4 heterocycles. The number of nitrogens with one attached hydrogen (secondary N) is 1. The number of para-hydroxylation sites is 2. The Labute approximate surface area is 372 Å². The third kappa shape index (κ3) is 10.6. The highest BCUT2D eigenvalue weighted by Crippen LogP contribution is 2.37. The summed E-state index contributed by atoms with van der Waals surface area (Å²) in [6.07, 6.45) is 1.94. The molecule has 0 saturated heterocycles. The number of benzene rings is 4. The van der Waals surface area contributed by atoms with Gasteiger partial charge in [-0.1, -0.05) is 119 Å². The van der Waals surface area contributed by atoms with Crippen molar-refractivity contribution in [1.82, 2.24) is 29.9 Å². The summed E-state index contributed by atoms with van der Waals surface area (Å²) in [5.41, 5.74) is 12.4. The number of hydrogen-bond donors (Lipinski definition) is 2. The number of nitrogens with zero attached hydrogens (tertiary/aromatic N) is 6. The minimum Gasteiger partial charge on any atom is -0.361 e. The molecule has 4 aromatic carbocycles. The number of halogens is 9. The van der Waals surface area contributed by atoms with Crippen LogP contribution in [0.5, 0.6) is 0 Å². The molecular weight excluding hydrogens is 903 g/mol. The monoisotopic (exact) mass is 928 g/mol. The van der Waals surface area contributed by atoms with Crippen LogP contribution in [0.4, 0.5) is 14.6 Å². The van der Waals surface area contributed by atoms with Crippen LogP contribution >= 0.6 is 81.2 Å². The third-order valence-electron chi connectivity index (χ3n) is 8.61. The lowest BCUT2D eigenvalue weighted by atomic mass is 9.98. The van der Waals surface area contributed by atoms with Gasteiger partial charge in [0.05, 0.1) is 50.9 Å². The second-order valence-electron chi connectivity index (χ2n) is 12.7. The van der Waals surface area contributed by atoms with Gasteiger partial charge >= 0.3 is 0 Å². The van der Waals surface area contributed by atoms with Crippen LogP contribution in [0, 0.1) is 11.6 Å². The number of hydrogen-bond acceptors (Lipinski definition) is 8. The second kappa shape index (κ2) is 19.7. The Bertz CT molecular complexity index is 2800. The molecular formula is C42H29Cl7F2N8. The molecule has 0 bridgehead atoms. The lowest BCUT2D eigenvalue weighted by Gasteiger charge is -2.20. The van der Waals surface area contributed by atoms with Crippen molar-refractivity contribution in [3.8, 4) is 22.5 Å². The third-order valence-corrected chi connectivity index (χ3v) is 10.5. The van der Waals surface area contributed by atoms with E-state index in [-0.39, 0.29) is 33.6 Å². The van der Waals surface area contributed by atoms with E-state index in [2.05, 4.69) is 25.3 Å². The van der Waals surface area contributed by atoms with E-state index in [9.17, 15) is 8.78 Å². The van der Waals surface area contributed by atoms with E-state index in [0.717, 1.165) is 56.6 Å². The van der Waals surface area contributed by atoms with Crippen molar-refractivity contribution < 1.29 is 8.78 Å². The molecule has 17 heteroatoms. The molecule has 0 fully saturated rings. The van der Waals surface area contributed by atoms with E-state index in [4.69, 9.17) is 96.9 Å². The topological polar surface area (TPSA) is 115 Å². The Kier molecular flexibility index (Phi) is 14.7. The molecule has 8 rings (SSSR count). The van der Waals surface area contributed by atoms with E-state index in [1.54, 1.807) is 12.1 Å². The molecule has 0 saturated carbocycles. The first kappa shape index (κ1) is 44.1. The fraction of sp³-hybridized carbons (Fsp3) is 0.0952. The highest BCUT2D eigenvalue weighted by Gasteiger charge is 2.20. The van der Waals surface area contributed by atoms with Gasteiger partial charge in [0.15, 0.2) is 22.6 Å². The van der Waals surface area contributed by atoms with Crippen LogP contribution in [0.15, 0.2) is 109 Å². The normalized spacial score (nSPS) is 11.9. The van der Waals surface area contributed by atoms with Gasteiger partial charge in [-0.3, -0.25) is 0 Å². The molecule has 300 valence electrons. The number of rotatable bonds is 6. The molecule has 2 atom stereocenters. The zero-order valence-corrected chi connectivity index (χ0v) is 36.0. The Hall–Kier alpha value is -4.49. The molecule has 0 spiro atoms. The number of anilines is 1. The van der Waals surface area contributed by atoms with Crippen molar-refractivity contribution in [1.29, 1.82) is 0 Å². The Balaban J connectivity index is 0.000000169. The van der Waals surface area contributed by atoms with Crippen LogP contribution in [-0.2, 0) is 0 Å². The van der Waals surface area contributed by atoms with Gasteiger partial charge in [-0.25, -0.2) is 33.7 Å². The average molecular weight is 932 g/mol. The zero-order valence-electron chi connectivity index (χ0n) is 30.7. The Morgan fingerprint density at radius 3 is 1.49 bits per heavy atom. The highest BCUT2D eigenvalue weighted by atomic mass is 35.5. The number of aromatic nitrogens is 6. The van der Waals surface area contributed by atoms with Crippen molar-refractivity contribution in [3.05, 3.63) is 168 Å². The summed E-state index contributed by atoms with van der Waals surface area (Å²) in [6.45, 7) is 3.82. The SMILES string of the molecule is CC(N)c1cc2cccc(Cl)c2nc1-c1ccccc1Cl.CC(Nc1nc(Cl)ncc1F)c1cc2cccc(Cl)c2nc1-c1ccccc1Cl.Fc1cnc(Cl)nc1Cl. The summed E-state index contributed by atoms with van der Waals surface area (Å²) in [4.78, 5) is 23.8. The van der Waals surface area contributed by atoms with Crippen LogP contribution in [0.1, 0.15) is 37.1 Å². The van der Waals surface area contributed by atoms with E-state index >= 15 is 0 Å². The van der Waals surface area contributed by atoms with Crippen molar-refractivity contribution >= 4 is 109 Å². The second-order valence-corrected chi connectivity index (χ2v) is 15.4. The minimum atomic E-state index is -0.666. The lowest BCUT2D eigenvalue weighted by molar-refractivity contribution is 0.613. The molecule has 59 heavy (non-hydrogen) atoms. The van der Waals surface area contributed by atoms with E-state index in [1.165, 1.54) is 0 Å². The first-order chi connectivity index (χ1) is 28.2. The summed E-state index contributed by atoms with van der Waals surface area (Å²) in [5, 5.41) is 6.90. The number of fused-ring (bicyclic) bond motifs is 2. The van der Waals surface area contributed by atoms with Crippen LogP contribution in [0.2, 0.25) is 35.8 Å². The van der Waals surface area contributed by atoms with Gasteiger partial charge in [0, 0.05) is 43.5 Å². The minimum absolute atomic E-state index is 0.00815. The zero-order chi connectivity index (χ0) is 42.4. The van der Waals surface area contributed by atoms with Crippen LogP contribution < -0.4 is 11.1 Å². The summed E-state index contributed by atoms with van der Waals surface area (Å²) < 4.78 is 26.3. The maximum atomic E-state index is 14.1. The molecule has 8 aromatic rings. The van der Waals surface area contributed by atoms with Crippen molar-refractivity contribution in [2.75, 3.05) is 5.32 Å². The average Bonchev–Trinajstić information content (AvgIpc) is 3.21. The summed E-state index contributed by atoms with van der Waals surface area (Å²) in [6, 6.07) is 29.8. The Morgan fingerprint density at radius 1 is 0.542 bits per heavy atom. The van der Waals surface area contributed by atoms with Gasteiger partial charge in [-0.05, 0) is 79.0 Å². The fourth-order valence-corrected chi connectivity index (χ4v) is 7.17. The smallest absolute Gasteiger partial charge is 0.224 e. The predicted molar refractivity (Wildman–Crippen MR) is 238 cm³/mol. The summed E-state index contributed by atoms with van der Waals surface area (Å²) in [7, 11) is 0. The molecule has 0 aliphatic carbocycles. The standard InChI is InChI=1S/C21H14Cl3FN4.C17H14Cl2N2.C4HCl2FN2/c1-11(27-20-17(25)10-26-21(24)29-20)14-9-12-5-4-8-16(23)18(12)28-19(14)13-6-2-3-7-15(13)22;1-10(20)13-9-11-5-4-8-15(19)16(11)21-17(13)12-6-2-3-7-14(12)18;5-3-2(7)1-8-4(6)9-3/h2-11H,1H3,(H,26,27,29);2-10H,20H2,1H3;1H. The van der Waals surface area contributed by atoms with Crippen LogP contribution in [0.3, 0.4) is 0 Å². The van der Waals surface area contributed by atoms with Gasteiger partial charge in [0.1, 0.15) is 0 Å². The summed E-state index contributed by atoms with van der Waals surface area (Å²) >= 11 is 41.6. The first-order valence-corrected chi connectivity index (χ1v) is 20.1. The van der Waals surface area contributed by atoms with E-state index < -0.39 is 11.6 Å². The van der Waals surface area contributed by atoms with Crippen molar-refractivity contribution in [2.24, 2.45) is 5.73 Å². The fourth-order valence-electron chi connectivity index (χ4n) is 5.83. The molecule has 2 unspecified atom stereocenters. The highest BCUT2D eigenvalue weighted by molar-refractivity contribution is 6.36. The number of pyridine rings is 2.